The molecular formula is C13H17NO5S. The van der Waals surface area contributed by atoms with E-state index in [1.54, 1.807) is 12.1 Å². The fraction of sp³-hybridized carbons (Fsp3) is 0.538. The van der Waals surface area contributed by atoms with Gasteiger partial charge in [-0.2, -0.15) is 4.31 Å². The minimum absolute atomic E-state index is 0.123. The van der Waals surface area contributed by atoms with Crippen LogP contribution >= 0.6 is 0 Å². The normalized spacial score (nSPS) is 20.2. The maximum absolute atomic E-state index is 12.5. The van der Waals surface area contributed by atoms with Crippen molar-refractivity contribution in [3.8, 4) is 11.5 Å². The number of aliphatic hydroxyl groups excluding tert-OH is 1. The van der Waals surface area contributed by atoms with Gasteiger partial charge in [-0.15, -0.1) is 0 Å². The lowest BCUT2D eigenvalue weighted by molar-refractivity contribution is 0.170. The second-order valence-corrected chi connectivity index (χ2v) is 6.98. The van der Waals surface area contributed by atoms with Crippen LogP contribution in [0.1, 0.15) is 12.8 Å². The highest BCUT2D eigenvalue weighted by Gasteiger charge is 2.30. The molecule has 0 bridgehead atoms. The maximum Gasteiger partial charge on any atom is 0.243 e. The monoisotopic (exact) mass is 299 g/mol. The molecule has 7 heteroatoms. The van der Waals surface area contributed by atoms with Crippen LogP contribution in [0.5, 0.6) is 11.5 Å². The number of piperidine rings is 1. The van der Waals surface area contributed by atoms with Gasteiger partial charge in [0.05, 0.1) is 4.90 Å². The molecule has 0 unspecified atom stereocenters. The molecule has 20 heavy (non-hydrogen) atoms. The molecule has 1 N–H and O–H groups in total. The van der Waals surface area contributed by atoms with Crippen molar-refractivity contribution in [3.63, 3.8) is 0 Å². The standard InChI is InChI=1S/C13H17NO5S/c15-8-10-3-5-14(6-4-10)20(16,17)11-1-2-12-13(7-11)19-9-18-12/h1-2,7,10,15H,3-6,8-9H2. The van der Waals surface area contributed by atoms with Gasteiger partial charge in [-0.3, -0.25) is 0 Å². The van der Waals surface area contributed by atoms with E-state index in [0.29, 0.717) is 37.4 Å². The zero-order valence-electron chi connectivity index (χ0n) is 11.0. The van der Waals surface area contributed by atoms with E-state index < -0.39 is 10.0 Å². The summed E-state index contributed by atoms with van der Waals surface area (Å²) in [5, 5.41) is 9.10. The van der Waals surface area contributed by atoms with E-state index >= 15 is 0 Å². The van der Waals surface area contributed by atoms with Crippen molar-refractivity contribution >= 4 is 10.0 Å². The number of nitrogens with zero attached hydrogens (tertiary/aromatic N) is 1. The topological polar surface area (TPSA) is 76.1 Å². The molecular weight excluding hydrogens is 282 g/mol. The highest BCUT2D eigenvalue weighted by atomic mass is 32.2. The molecule has 2 aliphatic heterocycles. The first kappa shape index (κ1) is 13.7. The van der Waals surface area contributed by atoms with Gasteiger partial charge in [-0.1, -0.05) is 0 Å². The molecule has 0 amide bonds. The average Bonchev–Trinajstić information content (AvgIpc) is 2.94. The second kappa shape index (κ2) is 5.23. The fourth-order valence-electron chi connectivity index (χ4n) is 2.52. The molecule has 0 spiro atoms. The predicted molar refractivity (Wildman–Crippen MR) is 71.1 cm³/mol. The Morgan fingerprint density at radius 1 is 1.20 bits per heavy atom. The van der Waals surface area contributed by atoms with Crippen LogP contribution in [0.3, 0.4) is 0 Å². The van der Waals surface area contributed by atoms with Gasteiger partial charge in [0.1, 0.15) is 0 Å². The second-order valence-electron chi connectivity index (χ2n) is 5.05. The predicted octanol–water partition coefficient (Wildman–Crippen LogP) is 0.808. The van der Waals surface area contributed by atoms with Crippen molar-refractivity contribution in [2.75, 3.05) is 26.5 Å². The van der Waals surface area contributed by atoms with Crippen LogP contribution in [0.25, 0.3) is 0 Å². The molecule has 0 aromatic heterocycles. The molecule has 1 aromatic carbocycles. The highest BCUT2D eigenvalue weighted by molar-refractivity contribution is 7.89. The summed E-state index contributed by atoms with van der Waals surface area (Å²) in [4.78, 5) is 0.226. The van der Waals surface area contributed by atoms with Gasteiger partial charge in [0.25, 0.3) is 0 Å². The zero-order chi connectivity index (χ0) is 14.2. The van der Waals surface area contributed by atoms with E-state index in [2.05, 4.69) is 0 Å². The van der Waals surface area contributed by atoms with E-state index in [4.69, 9.17) is 14.6 Å². The summed E-state index contributed by atoms with van der Waals surface area (Å²) in [7, 11) is -3.50. The Labute approximate surface area is 118 Å². The van der Waals surface area contributed by atoms with Crippen LogP contribution < -0.4 is 9.47 Å². The number of ether oxygens (including phenoxy) is 2. The number of fused-ring (bicyclic) bond motifs is 1. The minimum atomic E-state index is -3.50. The van der Waals surface area contributed by atoms with Crippen molar-refractivity contribution < 1.29 is 23.0 Å². The third-order valence-electron chi connectivity index (χ3n) is 3.81. The van der Waals surface area contributed by atoms with Gasteiger partial charge in [0.2, 0.25) is 16.8 Å². The summed E-state index contributed by atoms with van der Waals surface area (Å²) in [5.41, 5.74) is 0. The highest BCUT2D eigenvalue weighted by Crippen LogP contribution is 2.35. The van der Waals surface area contributed by atoms with Crippen LogP contribution in [0.2, 0.25) is 0 Å². The lowest BCUT2D eigenvalue weighted by atomic mass is 10.00. The molecule has 2 heterocycles. The van der Waals surface area contributed by atoms with Crippen LogP contribution in [0, 0.1) is 5.92 Å². The summed E-state index contributed by atoms with van der Waals surface area (Å²) in [6.45, 7) is 1.14. The maximum atomic E-state index is 12.5. The first-order valence-electron chi connectivity index (χ1n) is 6.62. The van der Waals surface area contributed by atoms with Crippen LogP contribution in [-0.2, 0) is 10.0 Å². The van der Waals surface area contributed by atoms with Gasteiger partial charge in [-0.25, -0.2) is 8.42 Å². The molecule has 1 aromatic rings. The first-order valence-corrected chi connectivity index (χ1v) is 8.06. The number of rotatable bonds is 3. The third kappa shape index (κ3) is 2.36. The van der Waals surface area contributed by atoms with Gasteiger partial charge < -0.3 is 14.6 Å². The summed E-state index contributed by atoms with van der Waals surface area (Å²) >= 11 is 0. The average molecular weight is 299 g/mol. The number of benzene rings is 1. The molecule has 0 atom stereocenters. The summed E-state index contributed by atoms with van der Waals surface area (Å²) in [5.74, 6) is 1.25. The van der Waals surface area contributed by atoms with E-state index in [1.807, 2.05) is 0 Å². The summed E-state index contributed by atoms with van der Waals surface area (Å²) < 4.78 is 37.0. The van der Waals surface area contributed by atoms with Gasteiger partial charge >= 0.3 is 0 Å². The van der Waals surface area contributed by atoms with E-state index in [1.165, 1.54) is 10.4 Å². The molecule has 0 aliphatic carbocycles. The fourth-order valence-corrected chi connectivity index (χ4v) is 4.00. The van der Waals surface area contributed by atoms with E-state index in [9.17, 15) is 8.42 Å². The van der Waals surface area contributed by atoms with E-state index in [-0.39, 0.29) is 24.2 Å². The Morgan fingerprint density at radius 2 is 1.90 bits per heavy atom. The summed E-state index contributed by atoms with van der Waals surface area (Å²) in [6, 6.07) is 4.67. The third-order valence-corrected chi connectivity index (χ3v) is 5.71. The van der Waals surface area contributed by atoms with Gasteiger partial charge in [-0.05, 0) is 30.9 Å². The first-order chi connectivity index (χ1) is 9.61. The Kier molecular flexibility index (Phi) is 3.57. The SMILES string of the molecule is O=S(=O)(c1ccc2c(c1)OCO2)N1CCC(CO)CC1. The van der Waals surface area contributed by atoms with Gasteiger partial charge in [0, 0.05) is 25.8 Å². The lowest BCUT2D eigenvalue weighted by Gasteiger charge is -2.30. The number of sulfonamides is 1. The molecule has 1 fully saturated rings. The van der Waals surface area contributed by atoms with Crippen molar-refractivity contribution in [2.24, 2.45) is 5.92 Å². The Bertz CT molecular complexity index is 593. The van der Waals surface area contributed by atoms with Crippen LogP contribution in [0.4, 0.5) is 0 Å². The minimum Gasteiger partial charge on any atom is -0.454 e. The smallest absolute Gasteiger partial charge is 0.243 e. The van der Waals surface area contributed by atoms with Gasteiger partial charge in [0.15, 0.2) is 11.5 Å². The number of hydrogen-bond acceptors (Lipinski definition) is 5. The molecule has 3 rings (SSSR count). The molecule has 0 radical (unpaired) electrons. The van der Waals surface area contributed by atoms with Crippen LogP contribution in [-0.4, -0.2) is 44.3 Å². The quantitative estimate of drug-likeness (QED) is 0.894. The lowest BCUT2D eigenvalue weighted by Crippen LogP contribution is -2.39. The number of hydrogen-bond donors (Lipinski definition) is 1. The van der Waals surface area contributed by atoms with Crippen molar-refractivity contribution in [1.29, 1.82) is 0 Å². The Balaban J connectivity index is 1.82. The Morgan fingerprint density at radius 3 is 2.60 bits per heavy atom. The number of aliphatic hydroxyl groups is 1. The van der Waals surface area contributed by atoms with E-state index in [0.717, 1.165) is 0 Å². The molecule has 1 saturated heterocycles. The zero-order valence-corrected chi connectivity index (χ0v) is 11.8. The summed E-state index contributed by atoms with van der Waals surface area (Å²) in [6.07, 6.45) is 1.39. The van der Waals surface area contributed by atoms with Crippen LogP contribution in [0.15, 0.2) is 23.1 Å². The molecule has 0 saturated carbocycles. The molecule has 110 valence electrons. The van der Waals surface area contributed by atoms with Crippen molar-refractivity contribution in [1.82, 2.24) is 4.31 Å². The van der Waals surface area contributed by atoms with Crippen molar-refractivity contribution in [3.05, 3.63) is 18.2 Å². The molecule has 2 aliphatic rings. The largest absolute Gasteiger partial charge is 0.454 e. The Hall–Kier alpha value is -1.31. The van der Waals surface area contributed by atoms with Crippen molar-refractivity contribution in [2.45, 2.75) is 17.7 Å². The molecule has 6 nitrogen and oxygen atoms in total.